The molecule has 0 aromatic heterocycles. The van der Waals surface area contributed by atoms with Crippen LogP contribution in [0.25, 0.3) is 0 Å². The van der Waals surface area contributed by atoms with Crippen LogP contribution >= 0.6 is 0 Å². The standard InChI is InChI=1S/C7H16.C2H6.CH5N/c1-4-6-7(3)5-2;2*1-2/h7H,4-6H2,1-3H3;1-2H3;2H2,1H3. The Morgan fingerprint density at radius 2 is 1.45 bits per heavy atom. The van der Waals surface area contributed by atoms with Gasteiger partial charge in [0.1, 0.15) is 0 Å². The van der Waals surface area contributed by atoms with Gasteiger partial charge in [0.05, 0.1) is 0 Å². The molecular weight excluding hydrogens is 134 g/mol. The molecule has 0 spiro atoms. The van der Waals surface area contributed by atoms with Crippen LogP contribution in [0, 0.1) is 5.92 Å². The number of hydrogen-bond donors (Lipinski definition) is 1. The average molecular weight is 161 g/mol. The van der Waals surface area contributed by atoms with E-state index in [0.717, 1.165) is 5.92 Å². The highest BCUT2D eigenvalue weighted by Crippen LogP contribution is 2.07. The van der Waals surface area contributed by atoms with Gasteiger partial charge in [0, 0.05) is 0 Å². The van der Waals surface area contributed by atoms with Gasteiger partial charge in [-0.15, -0.1) is 0 Å². The van der Waals surface area contributed by atoms with E-state index in [1.165, 1.54) is 26.3 Å². The summed E-state index contributed by atoms with van der Waals surface area (Å²) < 4.78 is 0. The lowest BCUT2D eigenvalue weighted by molar-refractivity contribution is 0.509. The van der Waals surface area contributed by atoms with Gasteiger partial charge in [-0.1, -0.05) is 53.9 Å². The summed E-state index contributed by atoms with van der Waals surface area (Å²) in [5.41, 5.74) is 4.50. The third kappa shape index (κ3) is 25.7. The second kappa shape index (κ2) is 22.5. The van der Waals surface area contributed by atoms with Crippen LogP contribution in [0.2, 0.25) is 0 Å². The second-order valence-electron chi connectivity index (χ2n) is 2.30. The Balaban J connectivity index is -0.000000138. The Morgan fingerprint density at radius 3 is 1.55 bits per heavy atom. The SMILES string of the molecule is CC.CCCC(C)CC.CN. The van der Waals surface area contributed by atoms with Crippen molar-refractivity contribution in [3.63, 3.8) is 0 Å². The van der Waals surface area contributed by atoms with Gasteiger partial charge in [-0.05, 0) is 13.0 Å². The van der Waals surface area contributed by atoms with Crippen molar-refractivity contribution in [3.8, 4) is 0 Å². The van der Waals surface area contributed by atoms with Crippen LogP contribution in [0.15, 0.2) is 0 Å². The fourth-order valence-corrected chi connectivity index (χ4v) is 0.697. The molecule has 0 aliphatic carbocycles. The number of nitrogens with two attached hydrogens (primary N) is 1. The highest BCUT2D eigenvalue weighted by Gasteiger charge is 1.92. The van der Waals surface area contributed by atoms with Gasteiger partial charge in [0.15, 0.2) is 0 Å². The summed E-state index contributed by atoms with van der Waals surface area (Å²) in [6.45, 7) is 10.8. The minimum atomic E-state index is 0.949. The predicted molar refractivity (Wildman–Crippen MR) is 55.8 cm³/mol. The van der Waals surface area contributed by atoms with Crippen molar-refractivity contribution in [2.45, 2.75) is 53.9 Å². The Morgan fingerprint density at radius 1 is 1.09 bits per heavy atom. The maximum absolute atomic E-state index is 4.50. The van der Waals surface area contributed by atoms with E-state index in [1.807, 2.05) is 13.8 Å². The maximum atomic E-state index is 4.50. The lowest BCUT2D eigenvalue weighted by atomic mass is 10.0. The molecule has 11 heavy (non-hydrogen) atoms. The van der Waals surface area contributed by atoms with E-state index < -0.39 is 0 Å². The highest BCUT2D eigenvalue weighted by molar-refractivity contribution is 4.45. The van der Waals surface area contributed by atoms with Crippen molar-refractivity contribution in [3.05, 3.63) is 0 Å². The quantitative estimate of drug-likeness (QED) is 0.674. The summed E-state index contributed by atoms with van der Waals surface area (Å²) >= 11 is 0. The van der Waals surface area contributed by atoms with Crippen LogP contribution in [-0.2, 0) is 0 Å². The Bertz CT molecular complexity index is 35.9. The second-order valence-corrected chi connectivity index (χ2v) is 2.30. The molecule has 0 fully saturated rings. The maximum Gasteiger partial charge on any atom is -0.0195 e. The van der Waals surface area contributed by atoms with E-state index in [2.05, 4.69) is 26.5 Å². The van der Waals surface area contributed by atoms with Gasteiger partial charge in [-0.25, -0.2) is 0 Å². The average Bonchev–Trinajstić information content (AvgIpc) is 2.12. The molecule has 0 bridgehead atoms. The van der Waals surface area contributed by atoms with Gasteiger partial charge < -0.3 is 5.73 Å². The third-order valence-corrected chi connectivity index (χ3v) is 1.48. The number of hydrogen-bond acceptors (Lipinski definition) is 1. The number of rotatable bonds is 3. The fraction of sp³-hybridized carbons (Fsp3) is 1.00. The van der Waals surface area contributed by atoms with Crippen LogP contribution in [-0.4, -0.2) is 7.05 Å². The Hall–Kier alpha value is -0.0400. The molecule has 1 heteroatoms. The first-order valence-corrected chi connectivity index (χ1v) is 4.89. The lowest BCUT2D eigenvalue weighted by Crippen LogP contribution is -1.88. The lowest BCUT2D eigenvalue weighted by Gasteiger charge is -2.02. The summed E-state index contributed by atoms with van der Waals surface area (Å²) in [6.07, 6.45) is 4.08. The van der Waals surface area contributed by atoms with Gasteiger partial charge in [0.25, 0.3) is 0 Å². The first-order chi connectivity index (χ1) is 5.31. The first kappa shape index (κ1) is 17.2. The van der Waals surface area contributed by atoms with Crippen molar-refractivity contribution in [1.29, 1.82) is 0 Å². The molecule has 2 N–H and O–H groups in total. The van der Waals surface area contributed by atoms with Crippen LogP contribution < -0.4 is 5.73 Å². The summed E-state index contributed by atoms with van der Waals surface area (Å²) in [5, 5.41) is 0. The zero-order chi connectivity index (χ0) is 9.70. The van der Waals surface area contributed by atoms with E-state index >= 15 is 0 Å². The van der Waals surface area contributed by atoms with Crippen LogP contribution in [0.4, 0.5) is 0 Å². The molecule has 0 heterocycles. The molecule has 1 nitrogen and oxygen atoms in total. The molecule has 0 aliphatic rings. The van der Waals surface area contributed by atoms with Gasteiger partial charge >= 0.3 is 0 Å². The fourth-order valence-electron chi connectivity index (χ4n) is 0.697. The van der Waals surface area contributed by atoms with E-state index in [4.69, 9.17) is 0 Å². The van der Waals surface area contributed by atoms with Crippen molar-refractivity contribution in [1.82, 2.24) is 0 Å². The molecule has 0 saturated carbocycles. The molecule has 0 amide bonds. The van der Waals surface area contributed by atoms with Gasteiger partial charge in [-0.2, -0.15) is 0 Å². The predicted octanol–water partition coefficient (Wildman–Crippen LogP) is 3.43. The van der Waals surface area contributed by atoms with Crippen molar-refractivity contribution in [2.75, 3.05) is 7.05 Å². The molecule has 0 saturated heterocycles. The first-order valence-electron chi connectivity index (χ1n) is 4.89. The van der Waals surface area contributed by atoms with Crippen LogP contribution in [0.5, 0.6) is 0 Å². The Kier molecular flexibility index (Phi) is 35.1. The molecule has 0 aromatic rings. The minimum absolute atomic E-state index is 0.949. The molecule has 1 atom stereocenters. The normalized spacial score (nSPS) is 10.1. The minimum Gasteiger partial charge on any atom is -0.333 e. The molecular formula is C10H27N. The van der Waals surface area contributed by atoms with Crippen molar-refractivity contribution < 1.29 is 0 Å². The van der Waals surface area contributed by atoms with Gasteiger partial charge in [0.2, 0.25) is 0 Å². The molecule has 72 valence electrons. The van der Waals surface area contributed by atoms with Crippen molar-refractivity contribution >= 4 is 0 Å². The zero-order valence-electron chi connectivity index (χ0n) is 9.28. The van der Waals surface area contributed by atoms with Crippen LogP contribution in [0.1, 0.15) is 53.9 Å². The topological polar surface area (TPSA) is 26.0 Å². The summed E-state index contributed by atoms with van der Waals surface area (Å²) in [7, 11) is 1.50. The van der Waals surface area contributed by atoms with E-state index in [0.29, 0.717) is 0 Å². The van der Waals surface area contributed by atoms with E-state index in [-0.39, 0.29) is 0 Å². The summed E-state index contributed by atoms with van der Waals surface area (Å²) in [5.74, 6) is 0.949. The largest absolute Gasteiger partial charge is 0.333 e. The highest BCUT2D eigenvalue weighted by atomic mass is 14.4. The molecule has 1 unspecified atom stereocenters. The van der Waals surface area contributed by atoms with E-state index in [9.17, 15) is 0 Å². The third-order valence-electron chi connectivity index (χ3n) is 1.48. The van der Waals surface area contributed by atoms with E-state index in [1.54, 1.807) is 0 Å². The zero-order valence-corrected chi connectivity index (χ0v) is 9.28. The van der Waals surface area contributed by atoms with Gasteiger partial charge in [-0.3, -0.25) is 0 Å². The summed E-state index contributed by atoms with van der Waals surface area (Å²) in [4.78, 5) is 0. The summed E-state index contributed by atoms with van der Waals surface area (Å²) in [6, 6.07) is 0. The van der Waals surface area contributed by atoms with Crippen molar-refractivity contribution in [2.24, 2.45) is 11.7 Å². The molecule has 0 aromatic carbocycles. The molecule has 0 radical (unpaired) electrons. The smallest absolute Gasteiger partial charge is 0.0195 e. The Labute approximate surface area is 73.4 Å². The molecule has 0 aliphatic heterocycles. The molecule has 0 rings (SSSR count). The van der Waals surface area contributed by atoms with Crippen LogP contribution in [0.3, 0.4) is 0 Å². The monoisotopic (exact) mass is 161 g/mol.